The highest BCUT2D eigenvalue weighted by Crippen LogP contribution is 2.39. The average molecular weight is 390 g/mol. The van der Waals surface area contributed by atoms with Crippen molar-refractivity contribution in [2.24, 2.45) is 0 Å². The largest absolute Gasteiger partial charge is 0.516 e. The lowest BCUT2D eigenvalue weighted by atomic mass is 10.0. The van der Waals surface area contributed by atoms with Crippen LogP contribution >= 0.6 is 0 Å². The summed E-state index contributed by atoms with van der Waals surface area (Å²) in [7, 11) is -7.30. The molecule has 1 aromatic carbocycles. The van der Waals surface area contributed by atoms with Crippen LogP contribution in [0, 0.1) is 0 Å². The number of para-hydroxylation sites is 1. The van der Waals surface area contributed by atoms with Gasteiger partial charge in [-0.25, -0.2) is 0 Å². The lowest BCUT2D eigenvalue weighted by Gasteiger charge is -2.28. The molecule has 1 heterocycles. The zero-order chi connectivity index (χ0) is 19.2. The summed E-state index contributed by atoms with van der Waals surface area (Å²) in [5.41, 5.74) is -3.40. The molecule has 3 nitrogen and oxygen atoms in total. The number of sulfonamides is 1. The van der Waals surface area contributed by atoms with Gasteiger partial charge >= 0.3 is 15.5 Å². The van der Waals surface area contributed by atoms with E-state index in [4.69, 9.17) is 0 Å². The summed E-state index contributed by atoms with van der Waals surface area (Å²) in [6.45, 7) is 9.61. The molecule has 0 bridgehead atoms. The molecular formula is C17H22F3NO2SSi. The number of hydrogen-bond donors (Lipinski definition) is 0. The Morgan fingerprint density at radius 1 is 1.16 bits per heavy atom. The van der Waals surface area contributed by atoms with Crippen molar-refractivity contribution >= 4 is 29.4 Å². The van der Waals surface area contributed by atoms with Crippen molar-refractivity contribution in [1.29, 1.82) is 0 Å². The van der Waals surface area contributed by atoms with Crippen molar-refractivity contribution in [3.63, 3.8) is 0 Å². The fourth-order valence-electron chi connectivity index (χ4n) is 2.70. The maximum absolute atomic E-state index is 13.2. The quantitative estimate of drug-likeness (QED) is 0.671. The summed E-state index contributed by atoms with van der Waals surface area (Å²) in [5.74, 6) is 0. The predicted octanol–water partition coefficient (Wildman–Crippen LogP) is 4.95. The molecule has 1 aromatic rings. The predicted molar refractivity (Wildman–Crippen MR) is 98.5 cm³/mol. The topological polar surface area (TPSA) is 37.4 Å². The van der Waals surface area contributed by atoms with E-state index >= 15 is 0 Å². The van der Waals surface area contributed by atoms with Crippen molar-refractivity contribution < 1.29 is 21.6 Å². The van der Waals surface area contributed by atoms with Gasteiger partial charge in [0.1, 0.15) is 0 Å². The van der Waals surface area contributed by atoms with Gasteiger partial charge in [-0.15, -0.1) is 0 Å². The maximum atomic E-state index is 13.2. The Balaban J connectivity index is 2.78. The van der Waals surface area contributed by atoms with Crippen LogP contribution in [-0.2, 0) is 10.0 Å². The van der Waals surface area contributed by atoms with Gasteiger partial charge in [0, 0.05) is 5.56 Å². The smallest absolute Gasteiger partial charge is 0.258 e. The van der Waals surface area contributed by atoms with Crippen molar-refractivity contribution in [3.05, 3.63) is 46.7 Å². The summed E-state index contributed by atoms with van der Waals surface area (Å²) < 4.78 is 64.7. The zero-order valence-electron chi connectivity index (χ0n) is 14.9. The SMILES string of the molecule is CC1=C/C(=C(\C)[Si](C)(C)C)CN(S(=O)(=O)C(F)(F)F)c2ccccc21. The van der Waals surface area contributed by atoms with E-state index in [0.717, 1.165) is 10.8 Å². The second-order valence-corrected chi connectivity index (χ2v) is 14.3. The molecule has 0 spiro atoms. The number of hydrogen-bond acceptors (Lipinski definition) is 2. The second kappa shape index (κ2) is 6.32. The molecule has 0 N–H and O–H groups in total. The molecule has 0 atom stereocenters. The Kier molecular flexibility index (Phi) is 5.00. The Hall–Kier alpha value is -1.54. The molecule has 0 unspecified atom stereocenters. The monoisotopic (exact) mass is 389 g/mol. The normalized spacial score (nSPS) is 18.4. The molecule has 0 saturated carbocycles. The van der Waals surface area contributed by atoms with Gasteiger partial charge in [0.05, 0.1) is 20.3 Å². The van der Waals surface area contributed by atoms with E-state index in [1.807, 2.05) is 13.0 Å². The molecule has 0 saturated heterocycles. The van der Waals surface area contributed by atoms with Crippen LogP contribution in [0.3, 0.4) is 0 Å². The first-order valence-corrected chi connectivity index (χ1v) is 12.8. The minimum atomic E-state index is -5.49. The van der Waals surface area contributed by atoms with Crippen molar-refractivity contribution in [2.75, 3.05) is 10.8 Å². The summed E-state index contributed by atoms with van der Waals surface area (Å²) in [4.78, 5) is 0. The highest BCUT2D eigenvalue weighted by Gasteiger charge is 2.51. The van der Waals surface area contributed by atoms with Gasteiger partial charge in [0.15, 0.2) is 0 Å². The number of halogens is 3. The minimum Gasteiger partial charge on any atom is -0.258 e. The second-order valence-electron chi connectivity index (χ2n) is 7.20. The Morgan fingerprint density at radius 3 is 2.24 bits per heavy atom. The number of nitrogens with zero attached hydrogens (tertiary/aromatic N) is 1. The van der Waals surface area contributed by atoms with Gasteiger partial charge in [0.25, 0.3) is 0 Å². The molecule has 0 aliphatic carbocycles. The number of alkyl halides is 3. The van der Waals surface area contributed by atoms with Crippen LogP contribution in [0.2, 0.25) is 19.6 Å². The van der Waals surface area contributed by atoms with E-state index in [0.29, 0.717) is 15.4 Å². The molecule has 0 amide bonds. The third-order valence-corrected chi connectivity index (χ3v) is 8.55. The molecule has 1 aliphatic rings. The van der Waals surface area contributed by atoms with E-state index in [2.05, 4.69) is 19.6 Å². The summed E-state index contributed by atoms with van der Waals surface area (Å²) >= 11 is 0. The Bertz CT molecular complexity index is 849. The third-order valence-electron chi connectivity index (χ3n) is 4.49. The van der Waals surface area contributed by atoms with E-state index in [9.17, 15) is 21.6 Å². The molecule has 8 heteroatoms. The number of allylic oxidation sites excluding steroid dienone is 2. The molecule has 0 aromatic heterocycles. The standard InChI is InChI=1S/C17H22F3NO2SSi/c1-12-10-14(13(2)25(3,4)5)11-21(24(22,23)17(18,19)20)16-9-7-6-8-15(12)16/h6-10H,11H2,1-5H3/b14-13-. The van der Waals surface area contributed by atoms with Gasteiger partial charge in [-0.1, -0.05) is 49.1 Å². The summed E-state index contributed by atoms with van der Waals surface area (Å²) in [5, 5.41) is 0.988. The average Bonchev–Trinajstić information content (AvgIpc) is 2.62. The fraction of sp³-hybridized carbons (Fsp3) is 0.412. The zero-order valence-corrected chi connectivity index (χ0v) is 16.7. The lowest BCUT2D eigenvalue weighted by molar-refractivity contribution is -0.0437. The molecule has 2 rings (SSSR count). The van der Waals surface area contributed by atoms with Crippen molar-refractivity contribution in [1.82, 2.24) is 0 Å². The highest BCUT2D eigenvalue weighted by molar-refractivity contribution is 7.93. The van der Waals surface area contributed by atoms with Gasteiger partial charge < -0.3 is 0 Å². The van der Waals surface area contributed by atoms with Crippen LogP contribution in [0.1, 0.15) is 19.4 Å². The van der Waals surface area contributed by atoms with Crippen molar-refractivity contribution in [3.8, 4) is 0 Å². The molecule has 0 fully saturated rings. The number of anilines is 1. The first-order valence-electron chi connectivity index (χ1n) is 7.84. The minimum absolute atomic E-state index is 0.0620. The fourth-order valence-corrected chi connectivity index (χ4v) is 4.79. The molecule has 0 radical (unpaired) electrons. The van der Waals surface area contributed by atoms with E-state index in [-0.39, 0.29) is 12.2 Å². The molecular weight excluding hydrogens is 367 g/mol. The van der Waals surface area contributed by atoms with E-state index in [1.54, 1.807) is 25.1 Å². The van der Waals surface area contributed by atoms with Gasteiger partial charge in [-0.05, 0) is 31.1 Å². The Labute approximate surface area is 147 Å². The lowest BCUT2D eigenvalue weighted by Crippen LogP contribution is -2.42. The van der Waals surface area contributed by atoms with E-state index < -0.39 is 23.6 Å². The molecule has 138 valence electrons. The van der Waals surface area contributed by atoms with Crippen LogP contribution in [0.4, 0.5) is 18.9 Å². The number of rotatable bonds is 2. The summed E-state index contributed by atoms with van der Waals surface area (Å²) in [6, 6.07) is 6.30. The highest BCUT2D eigenvalue weighted by atomic mass is 32.2. The van der Waals surface area contributed by atoms with Crippen LogP contribution in [0.15, 0.2) is 41.1 Å². The third kappa shape index (κ3) is 3.69. The van der Waals surface area contributed by atoms with Crippen LogP contribution in [0.25, 0.3) is 5.57 Å². The summed E-state index contributed by atoms with van der Waals surface area (Å²) in [6.07, 6.45) is 1.82. The Morgan fingerprint density at radius 2 is 1.72 bits per heavy atom. The van der Waals surface area contributed by atoms with Crippen LogP contribution < -0.4 is 4.31 Å². The first kappa shape index (κ1) is 19.8. The number of fused-ring (bicyclic) bond motifs is 1. The van der Waals surface area contributed by atoms with Gasteiger partial charge in [-0.2, -0.15) is 21.6 Å². The first-order chi connectivity index (χ1) is 11.3. The molecule has 1 aliphatic heterocycles. The molecule has 25 heavy (non-hydrogen) atoms. The van der Waals surface area contributed by atoms with E-state index in [1.165, 1.54) is 6.07 Å². The maximum Gasteiger partial charge on any atom is 0.516 e. The van der Waals surface area contributed by atoms with Crippen LogP contribution in [-0.4, -0.2) is 28.5 Å². The number of benzene rings is 1. The van der Waals surface area contributed by atoms with Gasteiger partial charge in [0.2, 0.25) is 0 Å². The van der Waals surface area contributed by atoms with Crippen molar-refractivity contribution in [2.45, 2.75) is 39.0 Å². The van der Waals surface area contributed by atoms with Crippen LogP contribution in [0.5, 0.6) is 0 Å². The van der Waals surface area contributed by atoms with Gasteiger partial charge in [-0.3, -0.25) is 4.31 Å².